The highest BCUT2D eigenvalue weighted by Crippen LogP contribution is 2.72. The third-order valence-corrected chi connectivity index (χ3v) is 12.9. The van der Waals surface area contributed by atoms with Crippen LogP contribution >= 0.6 is 0 Å². The smallest absolute Gasteiger partial charge is 0.337 e. The molecule has 0 radical (unpaired) electrons. The third-order valence-electron chi connectivity index (χ3n) is 12.9. The van der Waals surface area contributed by atoms with Gasteiger partial charge in [-0.15, -0.1) is 0 Å². The number of methoxy groups -OCH3 is 1. The highest BCUT2D eigenvalue weighted by Gasteiger charge is 2.64. The first-order valence-corrected chi connectivity index (χ1v) is 16.4. The topological polar surface area (TPSA) is 52.3 Å². The zero-order valence-electron chi connectivity index (χ0n) is 27.1. The minimum absolute atomic E-state index is 0.0318. The molecule has 5 aliphatic rings. The molecule has 0 aromatic heterocycles. The number of fused-ring (bicyclic) bond motifs is 7. The second-order valence-electron chi connectivity index (χ2n) is 15.0. The summed E-state index contributed by atoms with van der Waals surface area (Å²) in [6, 6.07) is 8.07. The summed E-state index contributed by atoms with van der Waals surface area (Å²) in [5, 5.41) is 0. The van der Waals surface area contributed by atoms with E-state index in [2.05, 4.69) is 65.5 Å². The van der Waals surface area contributed by atoms with Crippen molar-refractivity contribution in [2.75, 3.05) is 7.11 Å². The van der Waals surface area contributed by atoms with E-state index >= 15 is 0 Å². The van der Waals surface area contributed by atoms with Gasteiger partial charge in [-0.1, -0.05) is 83.6 Å². The first-order valence-electron chi connectivity index (χ1n) is 16.4. The third kappa shape index (κ3) is 4.43. The van der Waals surface area contributed by atoms with Gasteiger partial charge in [0, 0.05) is 5.54 Å². The van der Waals surface area contributed by atoms with E-state index < -0.39 is 0 Å². The van der Waals surface area contributed by atoms with Crippen molar-refractivity contribution < 1.29 is 9.53 Å². The predicted octanol–water partition coefficient (Wildman–Crippen LogP) is 9.39. The molecule has 0 amide bonds. The second kappa shape index (κ2) is 10.5. The fourth-order valence-corrected chi connectivity index (χ4v) is 11.2. The van der Waals surface area contributed by atoms with Crippen molar-refractivity contribution in [3.63, 3.8) is 0 Å². The maximum Gasteiger partial charge on any atom is 0.337 e. The highest BCUT2D eigenvalue weighted by molar-refractivity contribution is 5.89. The number of rotatable bonds is 3. The summed E-state index contributed by atoms with van der Waals surface area (Å²) >= 11 is 0. The molecule has 0 unspecified atom stereocenters. The number of esters is 1. The van der Waals surface area contributed by atoms with Crippen molar-refractivity contribution in [1.82, 2.24) is 0 Å². The maximum absolute atomic E-state index is 12.0. The molecule has 3 fully saturated rings. The van der Waals surface area contributed by atoms with Gasteiger partial charge in [0.05, 0.1) is 12.7 Å². The average molecular weight is 558 g/mol. The highest BCUT2D eigenvalue weighted by atomic mass is 16.5. The molecule has 6 rings (SSSR count). The van der Waals surface area contributed by atoms with Crippen LogP contribution in [0.2, 0.25) is 0 Å². The molecule has 41 heavy (non-hydrogen) atoms. The van der Waals surface area contributed by atoms with Gasteiger partial charge in [-0.3, -0.25) is 0 Å². The largest absolute Gasteiger partial charge is 0.465 e. The van der Waals surface area contributed by atoms with Gasteiger partial charge >= 0.3 is 5.97 Å². The van der Waals surface area contributed by atoms with Gasteiger partial charge in [0.2, 0.25) is 0 Å². The van der Waals surface area contributed by atoms with Gasteiger partial charge in [0.1, 0.15) is 0 Å². The number of allylic oxidation sites excluding steroid dienone is 4. The zero-order valence-corrected chi connectivity index (χ0v) is 27.1. The lowest BCUT2D eigenvalue weighted by Gasteiger charge is -2.66. The first kappa shape index (κ1) is 30.3. The van der Waals surface area contributed by atoms with Crippen molar-refractivity contribution in [2.45, 2.75) is 105 Å². The molecule has 0 heterocycles. The van der Waals surface area contributed by atoms with Crippen LogP contribution < -0.4 is 5.73 Å². The van der Waals surface area contributed by atoms with E-state index in [-0.39, 0.29) is 27.8 Å². The fourth-order valence-electron chi connectivity index (χ4n) is 11.2. The van der Waals surface area contributed by atoms with Crippen molar-refractivity contribution in [3.8, 4) is 0 Å². The van der Waals surface area contributed by atoms with Crippen LogP contribution in [0.1, 0.15) is 116 Å². The minimum Gasteiger partial charge on any atom is -0.465 e. The van der Waals surface area contributed by atoms with Crippen LogP contribution in [0.4, 0.5) is 0 Å². The number of ether oxygens (including phenoxy) is 1. The Morgan fingerprint density at radius 1 is 0.927 bits per heavy atom. The quantitative estimate of drug-likeness (QED) is 0.297. The van der Waals surface area contributed by atoms with Gasteiger partial charge in [-0.25, -0.2) is 4.79 Å². The Morgan fingerprint density at radius 2 is 1.61 bits per heavy atom. The van der Waals surface area contributed by atoms with Crippen LogP contribution in [0.5, 0.6) is 0 Å². The van der Waals surface area contributed by atoms with Gasteiger partial charge < -0.3 is 10.5 Å². The summed E-state index contributed by atoms with van der Waals surface area (Å²) in [5.41, 5.74) is 14.2. The van der Waals surface area contributed by atoms with Crippen molar-refractivity contribution in [1.29, 1.82) is 0 Å². The van der Waals surface area contributed by atoms with Gasteiger partial charge in [-0.05, 0) is 127 Å². The Hall–Kier alpha value is -2.13. The molecule has 3 saturated carbocycles. The number of hydrogen-bond acceptors (Lipinski definition) is 3. The van der Waals surface area contributed by atoms with E-state index in [1.54, 1.807) is 5.57 Å². The number of nitrogens with two attached hydrogens (primary N) is 1. The normalized spacial score (nSPS) is 40.3. The van der Waals surface area contributed by atoms with Crippen molar-refractivity contribution in [3.05, 3.63) is 65.3 Å². The standard InChI is InChI=1S/C36H49NO2.C2H6/c1-22(2)25-14-20-36(37)21-16-28-26(31(25)36)12-13-30-34(28,5)19-17-29-33(3,4)27(15-18-35(29,30)6)23-8-10-24(11-9-23)32(38)39-7;1-2/h8-11,15-16,25-26,29-31H,1,12-14,17-21,37H2,2-7H3;1-2H3/t25-,26-,29-,30-,31+,34-,35-,36-;/m0./s1. The molecule has 1 aromatic rings. The summed E-state index contributed by atoms with van der Waals surface area (Å²) < 4.78 is 4.92. The molecular formula is C38H55NO2. The van der Waals surface area contributed by atoms with Gasteiger partial charge in [0.15, 0.2) is 0 Å². The fraction of sp³-hybridized carbons (Fsp3) is 0.658. The summed E-state index contributed by atoms with van der Waals surface area (Å²) in [7, 11) is 1.44. The number of benzene rings is 1. The van der Waals surface area contributed by atoms with Crippen molar-refractivity contribution in [2.24, 2.45) is 51.6 Å². The Labute approximate surface area is 250 Å². The molecule has 2 N–H and O–H groups in total. The van der Waals surface area contributed by atoms with Crippen LogP contribution in [0.25, 0.3) is 5.57 Å². The van der Waals surface area contributed by atoms with E-state index in [1.165, 1.54) is 55.9 Å². The lowest BCUT2D eigenvalue weighted by molar-refractivity contribution is -0.102. The maximum atomic E-state index is 12.0. The average Bonchev–Trinajstić information content (AvgIpc) is 3.31. The molecule has 0 spiro atoms. The molecule has 0 bridgehead atoms. The predicted molar refractivity (Wildman–Crippen MR) is 171 cm³/mol. The Balaban J connectivity index is 0.00000165. The van der Waals surface area contributed by atoms with Gasteiger partial charge in [0.25, 0.3) is 0 Å². The van der Waals surface area contributed by atoms with Crippen LogP contribution in [0.15, 0.2) is 54.1 Å². The van der Waals surface area contributed by atoms with E-state index in [0.29, 0.717) is 35.2 Å². The number of hydrogen-bond donors (Lipinski definition) is 1. The summed E-state index contributed by atoms with van der Waals surface area (Å²) in [6.07, 6.45) is 14.9. The van der Waals surface area contributed by atoms with E-state index in [1.807, 2.05) is 26.0 Å². The second-order valence-corrected chi connectivity index (χ2v) is 15.0. The molecule has 224 valence electrons. The SMILES string of the molecule is C=C(C)[C@@H]1CC[C@]2(N)CC=C3[C@H](CC[C@@H]4[C@@]5(C)CC=C(c6ccc(C(=O)OC)cc6)C(C)(C)[C@@H]5CC[C@@]34C)[C@@H]12.CC. The van der Waals surface area contributed by atoms with E-state index in [9.17, 15) is 4.79 Å². The Morgan fingerprint density at radius 3 is 2.24 bits per heavy atom. The van der Waals surface area contributed by atoms with Crippen molar-refractivity contribution >= 4 is 11.5 Å². The monoisotopic (exact) mass is 557 g/mol. The minimum atomic E-state index is -0.274. The lowest BCUT2D eigenvalue weighted by Crippen LogP contribution is -2.60. The first-order chi connectivity index (χ1) is 19.4. The van der Waals surface area contributed by atoms with E-state index in [4.69, 9.17) is 10.5 Å². The summed E-state index contributed by atoms with van der Waals surface area (Å²) in [4.78, 5) is 12.0. The van der Waals surface area contributed by atoms with Gasteiger partial charge in [-0.2, -0.15) is 0 Å². The number of carbonyl (C=O) groups is 1. The molecular weight excluding hydrogens is 502 g/mol. The van der Waals surface area contributed by atoms with Crippen LogP contribution in [-0.4, -0.2) is 18.6 Å². The molecule has 8 atom stereocenters. The zero-order chi connectivity index (χ0) is 30.0. The van der Waals surface area contributed by atoms with E-state index in [0.717, 1.165) is 19.3 Å². The lowest BCUT2D eigenvalue weighted by atomic mass is 9.38. The Kier molecular flexibility index (Phi) is 7.80. The molecule has 3 nitrogen and oxygen atoms in total. The number of carbonyl (C=O) groups excluding carboxylic acids is 1. The van der Waals surface area contributed by atoms with Crippen LogP contribution in [0, 0.1) is 45.8 Å². The van der Waals surface area contributed by atoms with Crippen LogP contribution in [-0.2, 0) is 4.74 Å². The summed E-state index contributed by atoms with van der Waals surface area (Å²) in [6.45, 7) is 20.9. The Bertz CT molecular complexity index is 1250. The summed E-state index contributed by atoms with van der Waals surface area (Å²) in [5.74, 6) is 2.84. The molecule has 5 aliphatic carbocycles. The molecule has 3 heteroatoms. The molecule has 0 aliphatic heterocycles. The molecule has 1 aromatic carbocycles. The van der Waals surface area contributed by atoms with Crippen LogP contribution in [0.3, 0.4) is 0 Å². The molecule has 0 saturated heterocycles.